The number of aliphatic hydroxyl groups is 1. The van der Waals surface area contributed by atoms with Gasteiger partial charge in [-0.05, 0) is 11.6 Å². The van der Waals surface area contributed by atoms with E-state index < -0.39 is 0 Å². The van der Waals surface area contributed by atoms with Gasteiger partial charge in [0.2, 0.25) is 5.78 Å². The van der Waals surface area contributed by atoms with Crippen LogP contribution in [0, 0.1) is 0 Å². The lowest BCUT2D eigenvalue weighted by atomic mass is 10.1. The van der Waals surface area contributed by atoms with Gasteiger partial charge in [-0.1, -0.05) is 30.3 Å². The number of hydrogen-bond donors (Lipinski definition) is 2. The highest BCUT2D eigenvalue weighted by atomic mass is 16.3. The summed E-state index contributed by atoms with van der Waals surface area (Å²) in [7, 11) is 0. The van der Waals surface area contributed by atoms with Crippen molar-refractivity contribution in [3.8, 4) is 0 Å². The number of imidazole rings is 1. The minimum absolute atomic E-state index is 0.0546. The first-order valence-electron chi connectivity index (χ1n) is 6.54. The number of benzene rings is 1. The van der Waals surface area contributed by atoms with Crippen LogP contribution < -0.4 is 5.32 Å². The van der Waals surface area contributed by atoms with E-state index in [1.807, 2.05) is 47.0 Å². The third kappa shape index (κ3) is 2.54. The smallest absolute Gasteiger partial charge is 0.233 e. The van der Waals surface area contributed by atoms with Gasteiger partial charge < -0.3 is 10.4 Å². The summed E-state index contributed by atoms with van der Waals surface area (Å²) in [6.07, 6.45) is 5.46. The fraction of sp³-hybridized carbons (Fsp3) is 0.200. The van der Waals surface area contributed by atoms with E-state index in [0.717, 1.165) is 11.3 Å². The first kappa shape index (κ1) is 12.8. The maximum atomic E-state index is 9.52. The van der Waals surface area contributed by atoms with E-state index in [-0.39, 0.29) is 12.6 Å². The van der Waals surface area contributed by atoms with Crippen LogP contribution in [-0.2, 0) is 6.54 Å². The molecular formula is C15H16N4O. The van der Waals surface area contributed by atoms with Gasteiger partial charge in [-0.2, -0.15) is 0 Å². The van der Waals surface area contributed by atoms with E-state index in [2.05, 4.69) is 15.3 Å². The Morgan fingerprint density at radius 1 is 1.15 bits per heavy atom. The second-order valence-corrected chi connectivity index (χ2v) is 4.57. The van der Waals surface area contributed by atoms with Crippen molar-refractivity contribution in [2.45, 2.75) is 12.6 Å². The van der Waals surface area contributed by atoms with E-state index in [4.69, 9.17) is 0 Å². The van der Waals surface area contributed by atoms with Crippen LogP contribution >= 0.6 is 0 Å². The van der Waals surface area contributed by atoms with Crippen LogP contribution in [0.2, 0.25) is 0 Å². The number of hydrogen-bond acceptors (Lipinski definition) is 4. The Bertz CT molecular complexity index is 680. The molecule has 0 spiro atoms. The molecule has 0 radical (unpaired) electrons. The lowest BCUT2D eigenvalue weighted by Crippen LogP contribution is -2.24. The Balaban J connectivity index is 1.75. The molecule has 0 saturated carbocycles. The summed E-state index contributed by atoms with van der Waals surface area (Å²) in [5.74, 6) is 0.685. The van der Waals surface area contributed by atoms with Crippen LogP contribution in [0.15, 0.2) is 55.0 Å². The van der Waals surface area contributed by atoms with Crippen LogP contribution in [0.3, 0.4) is 0 Å². The second-order valence-electron chi connectivity index (χ2n) is 4.57. The zero-order chi connectivity index (χ0) is 13.8. The molecule has 0 bridgehead atoms. The van der Waals surface area contributed by atoms with Crippen molar-refractivity contribution in [3.63, 3.8) is 0 Å². The average molecular weight is 268 g/mol. The predicted octanol–water partition coefficient (Wildman–Crippen LogP) is 1.55. The molecule has 0 aliphatic carbocycles. The normalized spacial score (nSPS) is 12.7. The summed E-state index contributed by atoms with van der Waals surface area (Å²) in [6.45, 7) is 0.673. The molecule has 2 aromatic heterocycles. The fourth-order valence-corrected chi connectivity index (χ4v) is 2.21. The Morgan fingerprint density at radius 2 is 2.00 bits per heavy atom. The lowest BCUT2D eigenvalue weighted by molar-refractivity contribution is 0.243. The third-order valence-electron chi connectivity index (χ3n) is 3.28. The minimum atomic E-state index is -0.0848. The Morgan fingerprint density at radius 3 is 2.80 bits per heavy atom. The van der Waals surface area contributed by atoms with Crippen molar-refractivity contribution >= 4 is 5.78 Å². The Labute approximate surface area is 116 Å². The van der Waals surface area contributed by atoms with Gasteiger partial charge in [0.25, 0.3) is 0 Å². The van der Waals surface area contributed by atoms with E-state index >= 15 is 0 Å². The van der Waals surface area contributed by atoms with Gasteiger partial charge in [0.15, 0.2) is 0 Å². The summed E-state index contributed by atoms with van der Waals surface area (Å²) in [5, 5.41) is 12.9. The number of fused-ring (bicyclic) bond motifs is 1. The number of aliphatic hydroxyl groups excluding tert-OH is 1. The molecule has 0 amide bonds. The summed E-state index contributed by atoms with van der Waals surface area (Å²) in [4.78, 5) is 8.43. The van der Waals surface area contributed by atoms with E-state index in [9.17, 15) is 5.11 Å². The molecule has 1 atom stereocenters. The minimum Gasteiger partial charge on any atom is -0.394 e. The predicted molar refractivity (Wildman–Crippen MR) is 76.1 cm³/mol. The van der Waals surface area contributed by atoms with Crippen LogP contribution in [-0.4, -0.2) is 26.1 Å². The van der Waals surface area contributed by atoms with Gasteiger partial charge in [-0.15, -0.1) is 0 Å². The van der Waals surface area contributed by atoms with E-state index in [0.29, 0.717) is 12.3 Å². The first-order valence-corrected chi connectivity index (χ1v) is 6.54. The second kappa shape index (κ2) is 5.81. The quantitative estimate of drug-likeness (QED) is 0.737. The molecule has 0 aliphatic rings. The van der Waals surface area contributed by atoms with Gasteiger partial charge in [-0.3, -0.25) is 4.40 Å². The number of rotatable bonds is 5. The van der Waals surface area contributed by atoms with Crippen LogP contribution in [0.1, 0.15) is 17.3 Å². The van der Waals surface area contributed by atoms with Gasteiger partial charge >= 0.3 is 0 Å². The van der Waals surface area contributed by atoms with Gasteiger partial charge in [0, 0.05) is 18.9 Å². The number of nitrogens with one attached hydrogen (secondary N) is 1. The Hall–Kier alpha value is -2.24. The average Bonchev–Trinajstić information content (AvgIpc) is 2.92. The lowest BCUT2D eigenvalue weighted by Gasteiger charge is -2.16. The molecule has 0 aliphatic heterocycles. The van der Waals surface area contributed by atoms with Crippen molar-refractivity contribution in [1.29, 1.82) is 0 Å². The maximum Gasteiger partial charge on any atom is 0.233 e. The zero-order valence-electron chi connectivity index (χ0n) is 11.0. The van der Waals surface area contributed by atoms with Gasteiger partial charge in [0.1, 0.15) is 0 Å². The SMILES string of the molecule is OCC(NCc1cnc2ncccn12)c1ccccc1. The molecule has 0 fully saturated rings. The largest absolute Gasteiger partial charge is 0.394 e. The molecule has 1 aromatic carbocycles. The Kier molecular flexibility index (Phi) is 3.71. The summed E-state index contributed by atoms with van der Waals surface area (Å²) in [5.41, 5.74) is 2.09. The molecule has 102 valence electrons. The third-order valence-corrected chi connectivity index (χ3v) is 3.28. The molecule has 3 aromatic rings. The van der Waals surface area contributed by atoms with Crippen molar-refractivity contribution in [1.82, 2.24) is 19.7 Å². The molecule has 0 saturated heterocycles. The van der Waals surface area contributed by atoms with E-state index in [1.165, 1.54) is 0 Å². The molecule has 2 N–H and O–H groups in total. The highest BCUT2D eigenvalue weighted by Crippen LogP contribution is 2.13. The van der Waals surface area contributed by atoms with Crippen molar-refractivity contribution in [2.24, 2.45) is 0 Å². The highest BCUT2D eigenvalue weighted by molar-refractivity contribution is 5.30. The molecule has 5 heteroatoms. The van der Waals surface area contributed by atoms with Gasteiger partial charge in [-0.25, -0.2) is 9.97 Å². The molecule has 2 heterocycles. The molecule has 5 nitrogen and oxygen atoms in total. The van der Waals surface area contributed by atoms with E-state index in [1.54, 1.807) is 12.4 Å². The molecular weight excluding hydrogens is 252 g/mol. The summed E-state index contributed by atoms with van der Waals surface area (Å²) >= 11 is 0. The van der Waals surface area contributed by atoms with Gasteiger partial charge in [0.05, 0.1) is 24.5 Å². The molecule has 1 unspecified atom stereocenters. The standard InChI is InChI=1S/C15H16N4O/c20-11-14(12-5-2-1-3-6-12)17-9-13-10-18-15-16-7-4-8-19(13)15/h1-8,10,14,17,20H,9,11H2. The van der Waals surface area contributed by atoms with Crippen molar-refractivity contribution in [2.75, 3.05) is 6.61 Å². The topological polar surface area (TPSA) is 62.5 Å². The fourth-order valence-electron chi connectivity index (χ4n) is 2.21. The maximum absolute atomic E-state index is 9.52. The first-order chi connectivity index (χ1) is 9.88. The molecule has 20 heavy (non-hydrogen) atoms. The van der Waals surface area contributed by atoms with Crippen molar-refractivity contribution < 1.29 is 5.11 Å². The summed E-state index contributed by atoms with van der Waals surface area (Å²) in [6, 6.07) is 11.7. The summed E-state index contributed by atoms with van der Waals surface area (Å²) < 4.78 is 1.94. The zero-order valence-corrected chi connectivity index (χ0v) is 11.0. The highest BCUT2D eigenvalue weighted by Gasteiger charge is 2.10. The van der Waals surface area contributed by atoms with Crippen LogP contribution in [0.4, 0.5) is 0 Å². The van der Waals surface area contributed by atoms with Crippen LogP contribution in [0.25, 0.3) is 5.78 Å². The molecule has 3 rings (SSSR count). The monoisotopic (exact) mass is 268 g/mol. The number of nitrogens with zero attached hydrogens (tertiary/aromatic N) is 3. The van der Waals surface area contributed by atoms with Crippen molar-refractivity contribution in [3.05, 3.63) is 66.2 Å². The van der Waals surface area contributed by atoms with Crippen LogP contribution in [0.5, 0.6) is 0 Å². The number of aromatic nitrogens is 3.